The van der Waals surface area contributed by atoms with Crippen molar-refractivity contribution in [2.75, 3.05) is 0 Å². The Morgan fingerprint density at radius 1 is 0.944 bits per heavy atom. The summed E-state index contributed by atoms with van der Waals surface area (Å²) in [6.45, 7) is 0. The SMILES string of the molecule is O=S(=O)(c1ccccc1)n1n[c]c2ccccc21. The van der Waals surface area contributed by atoms with Crippen LogP contribution in [0.3, 0.4) is 0 Å². The second-order valence-corrected chi connectivity index (χ2v) is 5.56. The largest absolute Gasteiger partial charge is 0.283 e. The predicted octanol–water partition coefficient (Wildman–Crippen LogP) is 2.07. The van der Waals surface area contributed by atoms with E-state index in [0.29, 0.717) is 10.9 Å². The molecule has 1 radical (unpaired) electrons. The lowest BCUT2D eigenvalue weighted by Gasteiger charge is -2.05. The van der Waals surface area contributed by atoms with Crippen LogP contribution in [0.5, 0.6) is 0 Å². The highest BCUT2D eigenvalue weighted by Gasteiger charge is 2.19. The topological polar surface area (TPSA) is 52.0 Å². The van der Waals surface area contributed by atoms with Gasteiger partial charge < -0.3 is 0 Å². The smallest absolute Gasteiger partial charge is 0.199 e. The van der Waals surface area contributed by atoms with Gasteiger partial charge in [-0.1, -0.05) is 36.4 Å². The van der Waals surface area contributed by atoms with Crippen LogP contribution in [0.1, 0.15) is 0 Å². The van der Waals surface area contributed by atoms with E-state index in [4.69, 9.17) is 0 Å². The number of hydrogen-bond donors (Lipinski definition) is 0. The highest BCUT2D eigenvalue weighted by Crippen LogP contribution is 2.19. The summed E-state index contributed by atoms with van der Waals surface area (Å²) < 4.78 is 25.8. The first-order chi connectivity index (χ1) is 8.69. The maximum atomic E-state index is 12.4. The van der Waals surface area contributed by atoms with Crippen molar-refractivity contribution in [1.82, 2.24) is 9.19 Å². The summed E-state index contributed by atoms with van der Waals surface area (Å²) in [6, 6.07) is 15.3. The van der Waals surface area contributed by atoms with Crippen molar-refractivity contribution in [3.8, 4) is 0 Å². The molecule has 0 atom stereocenters. The van der Waals surface area contributed by atoms with Crippen LogP contribution in [0, 0.1) is 6.20 Å². The van der Waals surface area contributed by atoms with Gasteiger partial charge in [-0.3, -0.25) is 0 Å². The van der Waals surface area contributed by atoms with E-state index in [-0.39, 0.29) is 4.90 Å². The Morgan fingerprint density at radius 3 is 2.39 bits per heavy atom. The van der Waals surface area contributed by atoms with Gasteiger partial charge in [0.25, 0.3) is 10.0 Å². The van der Waals surface area contributed by atoms with E-state index in [0.717, 1.165) is 4.09 Å². The van der Waals surface area contributed by atoms with Crippen molar-refractivity contribution in [2.45, 2.75) is 4.90 Å². The quantitative estimate of drug-likeness (QED) is 0.706. The molecule has 0 aliphatic heterocycles. The summed E-state index contributed by atoms with van der Waals surface area (Å²) in [4.78, 5) is 0.215. The Hall–Kier alpha value is -2.14. The maximum absolute atomic E-state index is 12.4. The van der Waals surface area contributed by atoms with E-state index in [9.17, 15) is 8.42 Å². The monoisotopic (exact) mass is 257 g/mol. The molecule has 5 heteroatoms. The molecule has 0 saturated carbocycles. The Balaban J connectivity index is 2.27. The van der Waals surface area contributed by atoms with Crippen LogP contribution < -0.4 is 0 Å². The van der Waals surface area contributed by atoms with Gasteiger partial charge in [0.15, 0.2) is 0 Å². The Bertz CT molecular complexity index is 792. The number of fused-ring (bicyclic) bond motifs is 1. The van der Waals surface area contributed by atoms with Crippen molar-refractivity contribution in [3.05, 3.63) is 60.8 Å². The molecule has 0 unspecified atom stereocenters. The first kappa shape index (κ1) is 11.0. The minimum atomic E-state index is -3.65. The highest BCUT2D eigenvalue weighted by molar-refractivity contribution is 7.90. The summed E-state index contributed by atoms with van der Waals surface area (Å²) in [5.41, 5.74) is 0.529. The highest BCUT2D eigenvalue weighted by atomic mass is 32.2. The van der Waals surface area contributed by atoms with Gasteiger partial charge in [0, 0.05) is 5.39 Å². The lowest BCUT2D eigenvalue weighted by Crippen LogP contribution is -2.14. The van der Waals surface area contributed by atoms with Crippen LogP contribution in [-0.4, -0.2) is 17.6 Å². The molecule has 0 spiro atoms. The van der Waals surface area contributed by atoms with Gasteiger partial charge in [-0.25, -0.2) is 0 Å². The molecule has 0 fully saturated rings. The molecule has 3 rings (SSSR count). The van der Waals surface area contributed by atoms with E-state index in [2.05, 4.69) is 11.3 Å². The van der Waals surface area contributed by atoms with Gasteiger partial charge in [0.1, 0.15) is 6.20 Å². The average Bonchev–Trinajstić information content (AvgIpc) is 2.84. The van der Waals surface area contributed by atoms with Crippen LogP contribution in [0.4, 0.5) is 0 Å². The third-order valence-corrected chi connectivity index (χ3v) is 4.24. The van der Waals surface area contributed by atoms with Gasteiger partial charge in [0.05, 0.1) is 10.4 Å². The van der Waals surface area contributed by atoms with Crippen LogP contribution in [0.15, 0.2) is 59.5 Å². The van der Waals surface area contributed by atoms with Gasteiger partial charge in [0.2, 0.25) is 0 Å². The number of rotatable bonds is 2. The van der Waals surface area contributed by atoms with E-state index in [1.54, 1.807) is 48.5 Å². The van der Waals surface area contributed by atoms with Crippen LogP contribution >= 0.6 is 0 Å². The molecule has 89 valence electrons. The van der Waals surface area contributed by atoms with Gasteiger partial charge in [-0.15, -0.1) is 0 Å². The molecule has 0 bridgehead atoms. The zero-order valence-corrected chi connectivity index (χ0v) is 10.1. The molecule has 0 N–H and O–H groups in total. The van der Waals surface area contributed by atoms with Crippen molar-refractivity contribution >= 4 is 20.9 Å². The van der Waals surface area contributed by atoms with Gasteiger partial charge >= 0.3 is 0 Å². The summed E-state index contributed by atoms with van der Waals surface area (Å²) >= 11 is 0. The minimum Gasteiger partial charge on any atom is -0.199 e. The number of aromatic nitrogens is 2. The molecule has 4 nitrogen and oxygen atoms in total. The van der Waals surface area contributed by atoms with E-state index in [1.165, 1.54) is 0 Å². The second kappa shape index (κ2) is 3.96. The Labute approximate surface area is 105 Å². The molecular weight excluding hydrogens is 248 g/mol. The van der Waals surface area contributed by atoms with Crippen molar-refractivity contribution < 1.29 is 8.42 Å². The molecule has 0 aliphatic rings. The molecule has 2 aromatic carbocycles. The summed E-state index contributed by atoms with van der Waals surface area (Å²) in [5, 5.41) is 4.52. The number of benzene rings is 2. The maximum Gasteiger partial charge on any atom is 0.283 e. The first-order valence-corrected chi connectivity index (χ1v) is 6.80. The normalized spacial score (nSPS) is 11.8. The fourth-order valence-corrected chi connectivity index (χ4v) is 3.03. The molecule has 1 aromatic heterocycles. The van der Waals surface area contributed by atoms with Crippen LogP contribution in [0.2, 0.25) is 0 Å². The van der Waals surface area contributed by atoms with Gasteiger partial charge in [-0.05, 0) is 18.2 Å². The molecule has 0 saturated heterocycles. The number of para-hydroxylation sites is 1. The predicted molar refractivity (Wildman–Crippen MR) is 67.6 cm³/mol. The lowest BCUT2D eigenvalue weighted by atomic mass is 10.3. The molecule has 0 amide bonds. The van der Waals surface area contributed by atoms with E-state index in [1.807, 2.05) is 6.07 Å². The first-order valence-electron chi connectivity index (χ1n) is 5.36. The van der Waals surface area contributed by atoms with Crippen molar-refractivity contribution in [3.63, 3.8) is 0 Å². The Kier molecular flexibility index (Phi) is 2.41. The summed E-state index contributed by atoms with van der Waals surface area (Å²) in [7, 11) is -3.65. The fraction of sp³-hybridized carbons (Fsp3) is 0. The summed E-state index contributed by atoms with van der Waals surface area (Å²) in [6.07, 6.45) is 2.70. The second-order valence-electron chi connectivity index (χ2n) is 3.79. The standard InChI is InChI=1S/C13H9N2O2S/c16-18(17,12-7-2-1-3-8-12)15-13-9-5-4-6-11(13)10-14-15/h1-9H. The zero-order chi connectivity index (χ0) is 12.6. The summed E-state index contributed by atoms with van der Waals surface area (Å²) in [5.74, 6) is 0. The van der Waals surface area contributed by atoms with Crippen molar-refractivity contribution in [1.29, 1.82) is 0 Å². The number of nitrogens with zero attached hydrogens (tertiary/aromatic N) is 2. The average molecular weight is 257 g/mol. The third kappa shape index (κ3) is 1.60. The van der Waals surface area contributed by atoms with E-state index >= 15 is 0 Å². The Morgan fingerprint density at radius 2 is 1.61 bits per heavy atom. The fourth-order valence-electron chi connectivity index (χ4n) is 1.76. The third-order valence-electron chi connectivity index (χ3n) is 2.64. The van der Waals surface area contributed by atoms with Gasteiger partial charge in [-0.2, -0.15) is 17.6 Å². The molecule has 3 aromatic rings. The molecule has 18 heavy (non-hydrogen) atoms. The van der Waals surface area contributed by atoms with E-state index < -0.39 is 10.0 Å². The lowest BCUT2D eigenvalue weighted by molar-refractivity contribution is 0.582. The van der Waals surface area contributed by atoms with Crippen LogP contribution in [-0.2, 0) is 10.0 Å². The van der Waals surface area contributed by atoms with Crippen molar-refractivity contribution in [2.24, 2.45) is 0 Å². The minimum absolute atomic E-state index is 0.215. The van der Waals surface area contributed by atoms with Crippen LogP contribution in [0.25, 0.3) is 10.9 Å². The molecule has 0 aliphatic carbocycles. The molecule has 1 heterocycles. The molecular formula is C13H9N2O2S. The number of hydrogen-bond acceptors (Lipinski definition) is 3. The zero-order valence-electron chi connectivity index (χ0n) is 9.32.